The number of unbranched alkanes of at least 4 members (excludes halogenated alkanes) is 3. The van der Waals surface area contributed by atoms with Gasteiger partial charge in [-0.25, -0.2) is 4.79 Å². The summed E-state index contributed by atoms with van der Waals surface area (Å²) in [5, 5.41) is 43.7. The second kappa shape index (κ2) is 13.2. The molecule has 10 nitrogen and oxygen atoms in total. The maximum Gasteiger partial charge on any atom is 0.407 e. The summed E-state index contributed by atoms with van der Waals surface area (Å²) < 4.78 is 10.4. The van der Waals surface area contributed by atoms with Crippen LogP contribution in [0.2, 0.25) is 0 Å². The third-order valence-corrected chi connectivity index (χ3v) is 5.01. The molecule has 1 aliphatic heterocycles. The summed E-state index contributed by atoms with van der Waals surface area (Å²) in [4.78, 5) is 23.7. The molecule has 10 heteroatoms. The lowest BCUT2D eigenvalue weighted by Gasteiger charge is -2.40. The molecular formula is C21H32N2O8. The van der Waals surface area contributed by atoms with E-state index in [1.54, 1.807) is 0 Å². The van der Waals surface area contributed by atoms with Crippen molar-refractivity contribution in [2.75, 3.05) is 13.2 Å². The molecule has 0 saturated carbocycles. The second-order valence-electron chi connectivity index (χ2n) is 7.47. The molecule has 1 aromatic carbocycles. The highest BCUT2D eigenvalue weighted by Gasteiger charge is 2.43. The molecule has 1 aromatic rings. The summed E-state index contributed by atoms with van der Waals surface area (Å²) in [5.41, 5.74) is 0.916. The van der Waals surface area contributed by atoms with E-state index in [9.17, 15) is 24.9 Å². The molecule has 0 unspecified atom stereocenters. The molecule has 0 radical (unpaired) electrons. The van der Waals surface area contributed by atoms with Crippen molar-refractivity contribution in [1.29, 1.82) is 0 Å². The number of benzene rings is 1. The van der Waals surface area contributed by atoms with Crippen molar-refractivity contribution in [1.82, 2.24) is 10.6 Å². The number of hydrogen-bond donors (Lipinski definition) is 6. The predicted molar refractivity (Wildman–Crippen MR) is 110 cm³/mol. The fourth-order valence-corrected chi connectivity index (χ4v) is 3.18. The molecule has 5 atom stereocenters. The van der Waals surface area contributed by atoms with Crippen LogP contribution in [0.5, 0.6) is 0 Å². The molecular weight excluding hydrogens is 408 g/mol. The molecule has 2 rings (SSSR count). The van der Waals surface area contributed by atoms with Crippen molar-refractivity contribution in [2.45, 2.75) is 69.4 Å². The highest BCUT2D eigenvalue weighted by atomic mass is 16.6. The van der Waals surface area contributed by atoms with Gasteiger partial charge in [0.25, 0.3) is 0 Å². The van der Waals surface area contributed by atoms with Crippen LogP contribution >= 0.6 is 0 Å². The minimum absolute atomic E-state index is 0.196. The molecule has 2 amide bonds. The Morgan fingerprint density at radius 1 is 0.968 bits per heavy atom. The van der Waals surface area contributed by atoms with Crippen LogP contribution in [0.15, 0.2) is 30.3 Å². The Balaban J connectivity index is 1.51. The molecule has 0 aromatic heterocycles. The normalized spacial score (nSPS) is 25.6. The molecule has 1 heterocycles. The van der Waals surface area contributed by atoms with Crippen LogP contribution in [0.4, 0.5) is 4.79 Å². The van der Waals surface area contributed by atoms with Gasteiger partial charge in [0.15, 0.2) is 6.23 Å². The maximum atomic E-state index is 12.0. The molecule has 31 heavy (non-hydrogen) atoms. The quantitative estimate of drug-likeness (QED) is 0.258. The van der Waals surface area contributed by atoms with Crippen molar-refractivity contribution < 1.29 is 39.5 Å². The van der Waals surface area contributed by atoms with Gasteiger partial charge in [-0.3, -0.25) is 4.79 Å². The Labute approximate surface area is 181 Å². The Bertz CT molecular complexity index is 673. The molecule has 0 aliphatic carbocycles. The standard InChI is InChI=1S/C21H32N2O8/c24-12-15-17(26)18(27)19(28)20(31-15)23-16(25)10-6-1-2-7-11-22-21(29)30-13-14-8-4-3-5-9-14/h3-5,8-9,15,17-20,24,26-28H,1-2,6-7,10-13H2,(H,22,29)(H,23,25)/t15-,17-,18+,19-,20-/m1/s1. The van der Waals surface area contributed by atoms with Crippen LogP contribution < -0.4 is 10.6 Å². The monoisotopic (exact) mass is 440 g/mol. The second-order valence-corrected chi connectivity index (χ2v) is 7.47. The summed E-state index contributed by atoms with van der Waals surface area (Å²) in [6.07, 6.45) is -4.09. The van der Waals surface area contributed by atoms with Crippen molar-refractivity contribution in [3.8, 4) is 0 Å². The van der Waals surface area contributed by atoms with E-state index in [4.69, 9.17) is 14.6 Å². The number of hydrogen-bond acceptors (Lipinski definition) is 8. The SMILES string of the molecule is O=C(CCCCCCNC(=O)OCc1ccccc1)N[C@@H]1O[C@H](CO)[C@@H](O)[C@H](O)[C@H]1O. The van der Waals surface area contributed by atoms with Crippen molar-refractivity contribution in [3.05, 3.63) is 35.9 Å². The van der Waals surface area contributed by atoms with Crippen LogP contribution in [-0.4, -0.2) is 76.2 Å². The van der Waals surface area contributed by atoms with E-state index >= 15 is 0 Å². The molecule has 0 spiro atoms. The minimum Gasteiger partial charge on any atom is -0.445 e. The summed E-state index contributed by atoms with van der Waals surface area (Å²) in [7, 11) is 0. The zero-order chi connectivity index (χ0) is 22.6. The Morgan fingerprint density at radius 2 is 1.68 bits per heavy atom. The van der Waals surface area contributed by atoms with Gasteiger partial charge < -0.3 is 40.5 Å². The van der Waals surface area contributed by atoms with Crippen molar-refractivity contribution >= 4 is 12.0 Å². The van der Waals surface area contributed by atoms with Gasteiger partial charge in [-0.15, -0.1) is 0 Å². The average molecular weight is 440 g/mol. The smallest absolute Gasteiger partial charge is 0.407 e. The lowest BCUT2D eigenvalue weighted by molar-refractivity contribution is -0.236. The first-order chi connectivity index (χ1) is 14.9. The van der Waals surface area contributed by atoms with Crippen LogP contribution in [-0.2, 0) is 20.9 Å². The Morgan fingerprint density at radius 3 is 2.39 bits per heavy atom. The highest BCUT2D eigenvalue weighted by molar-refractivity contribution is 5.76. The zero-order valence-corrected chi connectivity index (χ0v) is 17.4. The van der Waals surface area contributed by atoms with E-state index in [1.807, 2.05) is 30.3 Å². The number of carbonyl (C=O) groups excluding carboxylic acids is 2. The first-order valence-electron chi connectivity index (χ1n) is 10.5. The average Bonchev–Trinajstić information content (AvgIpc) is 2.78. The summed E-state index contributed by atoms with van der Waals surface area (Å²) in [5.74, 6) is -0.369. The summed E-state index contributed by atoms with van der Waals surface area (Å²) in [6.45, 7) is 0.145. The van der Waals surface area contributed by atoms with Gasteiger partial charge in [0.1, 0.15) is 31.0 Å². The van der Waals surface area contributed by atoms with Gasteiger partial charge in [0.05, 0.1) is 6.61 Å². The first-order valence-corrected chi connectivity index (χ1v) is 10.5. The molecule has 6 N–H and O–H groups in total. The number of ether oxygens (including phenoxy) is 2. The third-order valence-electron chi connectivity index (χ3n) is 5.01. The van der Waals surface area contributed by atoms with Crippen LogP contribution in [0, 0.1) is 0 Å². The van der Waals surface area contributed by atoms with E-state index in [-0.39, 0.29) is 18.9 Å². The van der Waals surface area contributed by atoms with Crippen LogP contribution in [0.3, 0.4) is 0 Å². The van der Waals surface area contributed by atoms with Crippen molar-refractivity contribution in [3.63, 3.8) is 0 Å². The largest absolute Gasteiger partial charge is 0.445 e. The van der Waals surface area contributed by atoms with E-state index in [2.05, 4.69) is 10.6 Å². The van der Waals surface area contributed by atoms with Gasteiger partial charge in [0.2, 0.25) is 5.91 Å². The van der Waals surface area contributed by atoms with Gasteiger partial charge in [-0.05, 0) is 18.4 Å². The zero-order valence-electron chi connectivity index (χ0n) is 17.4. The van der Waals surface area contributed by atoms with Crippen LogP contribution in [0.25, 0.3) is 0 Å². The predicted octanol–water partition coefficient (Wildman–Crippen LogP) is -0.221. The van der Waals surface area contributed by atoms with Gasteiger partial charge in [-0.1, -0.05) is 43.2 Å². The summed E-state index contributed by atoms with van der Waals surface area (Å²) in [6, 6.07) is 9.39. The first kappa shape index (κ1) is 25.0. The van der Waals surface area contributed by atoms with E-state index in [1.165, 1.54) is 0 Å². The number of carbonyl (C=O) groups is 2. The fraction of sp³-hybridized carbons (Fsp3) is 0.619. The molecule has 174 valence electrons. The Hall–Kier alpha value is -2.24. The van der Waals surface area contributed by atoms with E-state index < -0.39 is 43.3 Å². The van der Waals surface area contributed by atoms with E-state index in [0.29, 0.717) is 13.0 Å². The number of aliphatic hydroxyl groups is 4. The number of nitrogens with one attached hydrogen (secondary N) is 2. The van der Waals surface area contributed by atoms with E-state index in [0.717, 1.165) is 24.8 Å². The van der Waals surface area contributed by atoms with Gasteiger partial charge in [0, 0.05) is 13.0 Å². The molecule has 1 aliphatic rings. The number of alkyl carbamates (subject to hydrolysis) is 1. The fourth-order valence-electron chi connectivity index (χ4n) is 3.18. The van der Waals surface area contributed by atoms with Gasteiger partial charge >= 0.3 is 6.09 Å². The minimum atomic E-state index is -1.52. The topological polar surface area (TPSA) is 158 Å². The van der Waals surface area contributed by atoms with Gasteiger partial charge in [-0.2, -0.15) is 0 Å². The lowest BCUT2D eigenvalue weighted by Crippen LogP contribution is -2.63. The third kappa shape index (κ3) is 8.42. The number of amides is 2. The Kier molecular flexibility index (Phi) is 10.7. The van der Waals surface area contributed by atoms with Crippen molar-refractivity contribution in [2.24, 2.45) is 0 Å². The number of aliphatic hydroxyl groups excluding tert-OH is 4. The van der Waals surface area contributed by atoms with Crippen LogP contribution in [0.1, 0.15) is 37.7 Å². The summed E-state index contributed by atoms with van der Waals surface area (Å²) >= 11 is 0. The number of rotatable bonds is 11. The lowest BCUT2D eigenvalue weighted by atomic mass is 9.98. The molecule has 1 saturated heterocycles. The molecule has 1 fully saturated rings. The highest BCUT2D eigenvalue weighted by Crippen LogP contribution is 2.19. The maximum absolute atomic E-state index is 12.0. The molecule has 0 bridgehead atoms.